The van der Waals surface area contributed by atoms with E-state index in [4.69, 9.17) is 14.6 Å². The summed E-state index contributed by atoms with van der Waals surface area (Å²) in [4.78, 5) is 19.2. The Balaban J connectivity index is 1.89. The zero-order valence-corrected chi connectivity index (χ0v) is 15.4. The Morgan fingerprint density at radius 1 is 1.31 bits per heavy atom. The van der Waals surface area contributed by atoms with E-state index in [1.165, 1.54) is 4.52 Å². The first-order chi connectivity index (χ1) is 12.5. The summed E-state index contributed by atoms with van der Waals surface area (Å²) in [6, 6.07) is 5.49. The molecule has 0 unspecified atom stereocenters. The van der Waals surface area contributed by atoms with Crippen LogP contribution in [0.4, 0.5) is 16.6 Å². The number of halogens is 1. The lowest BCUT2D eigenvalue weighted by atomic mass is 10.2. The Morgan fingerprint density at radius 3 is 2.81 bits per heavy atom. The fraction of sp³-hybridized carbons (Fsp3) is 0.200. The SMILES string of the molecule is COc1ccc(CNc2nc(Br)cn3nc(NC(=O)O)nc23)c(OC)c1. The van der Waals surface area contributed by atoms with Crippen molar-refractivity contribution in [2.75, 3.05) is 24.9 Å². The van der Waals surface area contributed by atoms with E-state index in [1.807, 2.05) is 12.1 Å². The molecular weight excluding hydrogens is 408 g/mol. The molecule has 0 fully saturated rings. The Hall–Kier alpha value is -3.08. The van der Waals surface area contributed by atoms with Crippen molar-refractivity contribution in [3.05, 3.63) is 34.6 Å². The van der Waals surface area contributed by atoms with Crippen molar-refractivity contribution in [2.45, 2.75) is 6.54 Å². The number of hydrogen-bond acceptors (Lipinski definition) is 7. The monoisotopic (exact) mass is 422 g/mol. The fourth-order valence-corrected chi connectivity index (χ4v) is 2.68. The number of hydrogen-bond donors (Lipinski definition) is 3. The van der Waals surface area contributed by atoms with E-state index in [0.717, 1.165) is 5.56 Å². The van der Waals surface area contributed by atoms with Gasteiger partial charge in [-0.1, -0.05) is 0 Å². The Labute approximate surface area is 156 Å². The number of ether oxygens (including phenoxy) is 2. The van der Waals surface area contributed by atoms with Gasteiger partial charge in [0, 0.05) is 18.2 Å². The number of carbonyl (C=O) groups is 1. The summed E-state index contributed by atoms with van der Waals surface area (Å²) < 4.78 is 12.5. The number of anilines is 2. The number of amides is 1. The van der Waals surface area contributed by atoms with Gasteiger partial charge in [0.1, 0.15) is 16.1 Å². The smallest absolute Gasteiger partial charge is 0.411 e. The van der Waals surface area contributed by atoms with Crippen LogP contribution in [0.1, 0.15) is 5.56 Å². The standard InChI is InChI=1S/C15H15BrN6O4/c1-25-9-4-3-8(10(5-9)26-2)6-17-12-13-19-14(20-15(23)24)21-22(13)7-11(16)18-12/h3-5,7H,6H2,1-2H3,(H,17,18)(H,20,21)(H,23,24). The molecule has 3 rings (SSSR count). The minimum atomic E-state index is -1.24. The normalized spacial score (nSPS) is 10.6. The van der Waals surface area contributed by atoms with Gasteiger partial charge in [0.15, 0.2) is 11.5 Å². The van der Waals surface area contributed by atoms with Gasteiger partial charge in [-0.15, -0.1) is 5.10 Å². The number of fused-ring (bicyclic) bond motifs is 1. The first-order valence-electron chi connectivity index (χ1n) is 7.38. The highest BCUT2D eigenvalue weighted by molar-refractivity contribution is 9.10. The van der Waals surface area contributed by atoms with Crippen molar-refractivity contribution in [1.29, 1.82) is 0 Å². The second-order valence-corrected chi connectivity index (χ2v) is 5.89. The van der Waals surface area contributed by atoms with E-state index in [9.17, 15) is 4.79 Å². The van der Waals surface area contributed by atoms with Crippen LogP contribution >= 0.6 is 15.9 Å². The van der Waals surface area contributed by atoms with Gasteiger partial charge in [0.25, 0.3) is 5.95 Å². The van der Waals surface area contributed by atoms with Crippen LogP contribution in [-0.4, -0.2) is 45.0 Å². The molecule has 0 aliphatic rings. The average molecular weight is 423 g/mol. The molecule has 0 atom stereocenters. The lowest BCUT2D eigenvalue weighted by Gasteiger charge is -2.12. The third-order valence-corrected chi connectivity index (χ3v) is 3.83. The van der Waals surface area contributed by atoms with Crippen molar-refractivity contribution in [3.63, 3.8) is 0 Å². The Kier molecular flexibility index (Phi) is 5.07. The number of nitrogens with zero attached hydrogens (tertiary/aromatic N) is 4. The summed E-state index contributed by atoms with van der Waals surface area (Å²) in [6.07, 6.45) is 0.333. The highest BCUT2D eigenvalue weighted by Crippen LogP contribution is 2.26. The fourth-order valence-electron chi connectivity index (χ4n) is 2.31. The maximum Gasteiger partial charge on any atom is 0.411 e. The minimum Gasteiger partial charge on any atom is -0.497 e. The van der Waals surface area contributed by atoms with E-state index >= 15 is 0 Å². The van der Waals surface area contributed by atoms with Crippen molar-refractivity contribution >= 4 is 39.4 Å². The van der Waals surface area contributed by atoms with E-state index in [-0.39, 0.29) is 5.95 Å². The maximum absolute atomic E-state index is 10.8. The quantitative estimate of drug-likeness (QED) is 0.553. The minimum absolute atomic E-state index is 0.0394. The van der Waals surface area contributed by atoms with E-state index in [1.54, 1.807) is 26.5 Å². The molecule has 0 radical (unpaired) electrons. The average Bonchev–Trinajstić information content (AvgIpc) is 3.00. The highest BCUT2D eigenvalue weighted by Gasteiger charge is 2.13. The molecule has 11 heteroatoms. The third kappa shape index (κ3) is 3.77. The number of carboxylic acid groups (broad SMARTS) is 1. The molecule has 0 saturated carbocycles. The molecule has 0 aliphatic carbocycles. The summed E-state index contributed by atoms with van der Waals surface area (Å²) in [5.74, 6) is 1.75. The van der Waals surface area contributed by atoms with Crippen LogP contribution < -0.4 is 20.1 Å². The molecule has 10 nitrogen and oxygen atoms in total. The summed E-state index contributed by atoms with van der Waals surface area (Å²) in [6.45, 7) is 0.404. The molecule has 3 aromatic rings. The van der Waals surface area contributed by atoms with Gasteiger partial charge in [0.2, 0.25) is 0 Å². The van der Waals surface area contributed by atoms with Crippen molar-refractivity contribution in [2.24, 2.45) is 0 Å². The molecule has 136 valence electrons. The third-order valence-electron chi connectivity index (χ3n) is 3.45. The maximum atomic E-state index is 10.8. The van der Waals surface area contributed by atoms with E-state index in [0.29, 0.717) is 34.1 Å². The second kappa shape index (κ2) is 7.44. The zero-order valence-electron chi connectivity index (χ0n) is 13.9. The summed E-state index contributed by atoms with van der Waals surface area (Å²) in [5.41, 5.74) is 1.26. The Bertz CT molecular complexity index is 961. The molecule has 0 spiro atoms. The van der Waals surface area contributed by atoms with Crippen LogP contribution in [0.15, 0.2) is 29.0 Å². The molecule has 1 aromatic carbocycles. The van der Waals surface area contributed by atoms with Gasteiger partial charge >= 0.3 is 6.09 Å². The lowest BCUT2D eigenvalue weighted by molar-refractivity contribution is 0.209. The van der Waals surface area contributed by atoms with Crippen molar-refractivity contribution < 1.29 is 19.4 Å². The molecule has 26 heavy (non-hydrogen) atoms. The van der Waals surface area contributed by atoms with Gasteiger partial charge in [-0.05, 0) is 28.1 Å². The van der Waals surface area contributed by atoms with Gasteiger partial charge in [-0.3, -0.25) is 5.32 Å². The topological polar surface area (TPSA) is 123 Å². The van der Waals surface area contributed by atoms with E-state index in [2.05, 4.69) is 41.6 Å². The largest absolute Gasteiger partial charge is 0.497 e. The highest BCUT2D eigenvalue weighted by atomic mass is 79.9. The number of nitrogens with one attached hydrogen (secondary N) is 2. The van der Waals surface area contributed by atoms with Crippen LogP contribution in [0.25, 0.3) is 5.65 Å². The number of benzene rings is 1. The number of rotatable bonds is 6. The van der Waals surface area contributed by atoms with Crippen molar-refractivity contribution in [1.82, 2.24) is 19.6 Å². The Morgan fingerprint density at radius 2 is 2.12 bits per heavy atom. The van der Waals surface area contributed by atoms with Gasteiger partial charge in [0.05, 0.1) is 20.4 Å². The predicted octanol–water partition coefficient (Wildman–Crippen LogP) is 2.61. The molecule has 2 heterocycles. The summed E-state index contributed by atoms with van der Waals surface area (Å²) >= 11 is 3.30. The van der Waals surface area contributed by atoms with E-state index < -0.39 is 6.09 Å². The molecule has 1 amide bonds. The molecule has 0 saturated heterocycles. The van der Waals surface area contributed by atoms with Gasteiger partial charge < -0.3 is 19.9 Å². The first kappa shape index (κ1) is 17.7. The zero-order chi connectivity index (χ0) is 18.7. The van der Waals surface area contributed by atoms with Crippen LogP contribution in [0.2, 0.25) is 0 Å². The summed E-state index contributed by atoms with van der Waals surface area (Å²) in [5, 5.41) is 18.1. The molecule has 0 bridgehead atoms. The second-order valence-electron chi connectivity index (χ2n) is 5.08. The van der Waals surface area contributed by atoms with Gasteiger partial charge in [-0.25, -0.2) is 14.3 Å². The first-order valence-corrected chi connectivity index (χ1v) is 8.17. The number of aromatic nitrogens is 4. The van der Waals surface area contributed by atoms with Crippen LogP contribution in [0.5, 0.6) is 11.5 Å². The van der Waals surface area contributed by atoms with Crippen LogP contribution in [0, 0.1) is 0 Å². The summed E-state index contributed by atoms with van der Waals surface area (Å²) in [7, 11) is 3.17. The lowest BCUT2D eigenvalue weighted by Crippen LogP contribution is -2.08. The van der Waals surface area contributed by atoms with Crippen molar-refractivity contribution in [3.8, 4) is 11.5 Å². The number of methoxy groups -OCH3 is 2. The van der Waals surface area contributed by atoms with Crippen LogP contribution in [0.3, 0.4) is 0 Å². The molecular formula is C15H15BrN6O4. The van der Waals surface area contributed by atoms with Gasteiger partial charge in [-0.2, -0.15) is 4.98 Å². The molecule has 0 aliphatic heterocycles. The molecule has 3 N–H and O–H groups in total. The molecule has 2 aromatic heterocycles. The predicted molar refractivity (Wildman–Crippen MR) is 97.0 cm³/mol. The van der Waals surface area contributed by atoms with Crippen LogP contribution in [-0.2, 0) is 6.54 Å².